The molecule has 1 aliphatic heterocycles. The predicted molar refractivity (Wildman–Crippen MR) is 83.2 cm³/mol. The summed E-state index contributed by atoms with van der Waals surface area (Å²) in [5.41, 5.74) is 0.0775. The van der Waals surface area contributed by atoms with E-state index in [4.69, 9.17) is 4.74 Å². The van der Waals surface area contributed by atoms with E-state index >= 15 is 0 Å². The van der Waals surface area contributed by atoms with Crippen molar-refractivity contribution >= 4 is 5.91 Å². The Labute approximate surface area is 147 Å². The third-order valence-corrected chi connectivity index (χ3v) is 4.23. The maximum Gasteiger partial charge on any atom is 0.257 e. The van der Waals surface area contributed by atoms with Gasteiger partial charge in [0.15, 0.2) is 17.4 Å². The Kier molecular flexibility index (Phi) is 5.12. The molecule has 1 atom stereocenters. The molecule has 140 valence electrons. The Hall–Kier alpha value is -2.62. The molecule has 26 heavy (non-hydrogen) atoms. The van der Waals surface area contributed by atoms with Crippen LogP contribution in [0.3, 0.4) is 0 Å². The molecule has 2 heterocycles. The summed E-state index contributed by atoms with van der Waals surface area (Å²) in [6.07, 6.45) is 2.28. The average molecular weight is 370 g/mol. The number of hydrogen-bond donors (Lipinski definition) is 0. The zero-order valence-electron chi connectivity index (χ0n) is 14.2. The molecule has 0 N–H and O–H groups in total. The second kappa shape index (κ2) is 7.32. The smallest absolute Gasteiger partial charge is 0.257 e. The van der Waals surface area contributed by atoms with Crippen molar-refractivity contribution in [3.8, 4) is 5.75 Å². The Morgan fingerprint density at radius 3 is 2.77 bits per heavy atom. The number of hydrogen-bond acceptors (Lipinski definition) is 5. The van der Waals surface area contributed by atoms with Gasteiger partial charge in [-0.2, -0.15) is 4.39 Å². The van der Waals surface area contributed by atoms with E-state index in [9.17, 15) is 18.0 Å². The van der Waals surface area contributed by atoms with Gasteiger partial charge in [0, 0.05) is 20.2 Å². The molecule has 7 nitrogen and oxygen atoms in total. The number of halogens is 3. The summed E-state index contributed by atoms with van der Waals surface area (Å²) in [5.74, 6) is -5.68. The zero-order valence-corrected chi connectivity index (χ0v) is 14.2. The fourth-order valence-electron chi connectivity index (χ4n) is 2.93. The monoisotopic (exact) mass is 370 g/mol. The van der Waals surface area contributed by atoms with Crippen molar-refractivity contribution in [2.75, 3.05) is 27.3 Å². The summed E-state index contributed by atoms with van der Waals surface area (Å²) in [7, 11) is 2.54. The Morgan fingerprint density at radius 1 is 1.31 bits per heavy atom. The molecule has 10 heteroatoms. The number of amides is 1. The molecule has 1 fully saturated rings. The van der Waals surface area contributed by atoms with Crippen molar-refractivity contribution in [1.29, 1.82) is 0 Å². The first-order valence-electron chi connectivity index (χ1n) is 7.86. The van der Waals surface area contributed by atoms with E-state index in [1.807, 2.05) is 0 Å². The van der Waals surface area contributed by atoms with E-state index in [0.717, 1.165) is 7.11 Å². The number of methoxy groups -OCH3 is 2. The quantitative estimate of drug-likeness (QED) is 0.753. The van der Waals surface area contributed by atoms with Crippen LogP contribution in [0.25, 0.3) is 0 Å². The van der Waals surface area contributed by atoms with Gasteiger partial charge in [-0.1, -0.05) is 5.21 Å². The van der Waals surface area contributed by atoms with Gasteiger partial charge in [0.1, 0.15) is 5.69 Å². The molecular formula is C16H17F3N4O3. The lowest BCUT2D eigenvalue weighted by molar-refractivity contribution is 0.0780. The first kappa shape index (κ1) is 18.2. The second-order valence-corrected chi connectivity index (χ2v) is 5.88. The van der Waals surface area contributed by atoms with Crippen LogP contribution < -0.4 is 4.74 Å². The minimum atomic E-state index is -1.46. The minimum absolute atomic E-state index is 0.146. The highest BCUT2D eigenvalue weighted by atomic mass is 19.2. The van der Waals surface area contributed by atoms with Crippen LogP contribution >= 0.6 is 0 Å². The molecular weight excluding hydrogens is 353 g/mol. The number of carbonyl (C=O) groups excluding carboxylic acids is 1. The number of carbonyl (C=O) groups is 1. The van der Waals surface area contributed by atoms with Gasteiger partial charge in [0.2, 0.25) is 5.82 Å². The SMILES string of the molecule is COCc1cn([C@H]2CCN(C(=O)c3cc(F)c(F)c(OC)c3F)C2)nn1. The lowest BCUT2D eigenvalue weighted by atomic mass is 10.1. The van der Waals surface area contributed by atoms with E-state index in [2.05, 4.69) is 15.0 Å². The molecule has 1 saturated heterocycles. The van der Waals surface area contributed by atoms with Gasteiger partial charge in [-0.15, -0.1) is 5.10 Å². The van der Waals surface area contributed by atoms with E-state index in [1.165, 1.54) is 4.90 Å². The van der Waals surface area contributed by atoms with Crippen molar-refractivity contribution in [2.45, 2.75) is 19.1 Å². The molecule has 2 aromatic rings. The highest BCUT2D eigenvalue weighted by Crippen LogP contribution is 2.29. The van der Waals surface area contributed by atoms with Crippen LogP contribution in [-0.2, 0) is 11.3 Å². The van der Waals surface area contributed by atoms with Crippen LogP contribution in [0.15, 0.2) is 12.3 Å². The molecule has 0 aliphatic carbocycles. The summed E-state index contributed by atoms with van der Waals surface area (Å²) < 4.78 is 52.6. The van der Waals surface area contributed by atoms with Crippen LogP contribution in [0.2, 0.25) is 0 Å². The minimum Gasteiger partial charge on any atom is -0.491 e. The number of rotatable bonds is 5. The second-order valence-electron chi connectivity index (χ2n) is 5.88. The van der Waals surface area contributed by atoms with Crippen LogP contribution in [-0.4, -0.2) is 53.1 Å². The summed E-state index contributed by atoms with van der Waals surface area (Å²) >= 11 is 0. The summed E-state index contributed by atoms with van der Waals surface area (Å²) in [5, 5.41) is 7.95. The topological polar surface area (TPSA) is 69.5 Å². The highest BCUT2D eigenvalue weighted by molar-refractivity contribution is 5.95. The maximum absolute atomic E-state index is 14.3. The molecule has 1 amide bonds. The third-order valence-electron chi connectivity index (χ3n) is 4.23. The molecule has 3 rings (SSSR count). The van der Waals surface area contributed by atoms with Crippen molar-refractivity contribution < 1.29 is 27.4 Å². The van der Waals surface area contributed by atoms with Gasteiger partial charge in [-0.3, -0.25) is 4.79 Å². The number of likely N-dealkylation sites (tertiary alicyclic amines) is 1. The summed E-state index contributed by atoms with van der Waals surface area (Å²) in [6, 6.07) is 0.405. The number of ether oxygens (including phenoxy) is 2. The van der Waals surface area contributed by atoms with E-state index < -0.39 is 34.7 Å². The Balaban J connectivity index is 1.78. The van der Waals surface area contributed by atoms with Crippen LogP contribution in [0.1, 0.15) is 28.5 Å². The van der Waals surface area contributed by atoms with Gasteiger partial charge >= 0.3 is 0 Å². The Morgan fingerprint density at radius 2 is 2.08 bits per heavy atom. The predicted octanol–water partition coefficient (Wildman–Crippen LogP) is 1.94. The van der Waals surface area contributed by atoms with E-state index in [-0.39, 0.29) is 12.6 Å². The van der Waals surface area contributed by atoms with Gasteiger partial charge in [-0.25, -0.2) is 13.5 Å². The van der Waals surface area contributed by atoms with E-state index in [0.29, 0.717) is 31.3 Å². The first-order chi connectivity index (χ1) is 12.5. The van der Waals surface area contributed by atoms with Crippen molar-refractivity contribution in [2.24, 2.45) is 0 Å². The van der Waals surface area contributed by atoms with Crippen molar-refractivity contribution in [1.82, 2.24) is 19.9 Å². The lowest BCUT2D eigenvalue weighted by Gasteiger charge is -2.18. The zero-order chi connectivity index (χ0) is 18.8. The average Bonchev–Trinajstić information content (AvgIpc) is 3.27. The largest absolute Gasteiger partial charge is 0.491 e. The molecule has 1 aromatic carbocycles. The number of aromatic nitrogens is 3. The van der Waals surface area contributed by atoms with Crippen molar-refractivity contribution in [3.05, 3.63) is 41.0 Å². The number of nitrogens with zero attached hydrogens (tertiary/aromatic N) is 4. The highest BCUT2D eigenvalue weighted by Gasteiger charge is 2.32. The van der Waals surface area contributed by atoms with Crippen molar-refractivity contribution in [3.63, 3.8) is 0 Å². The summed E-state index contributed by atoms with van der Waals surface area (Å²) in [6.45, 7) is 0.883. The van der Waals surface area contributed by atoms with Gasteiger partial charge < -0.3 is 14.4 Å². The fraction of sp³-hybridized carbons (Fsp3) is 0.438. The molecule has 0 bridgehead atoms. The molecule has 0 radical (unpaired) electrons. The van der Waals surface area contributed by atoms with Gasteiger partial charge in [-0.05, 0) is 12.5 Å². The standard InChI is InChI=1S/C16H17F3N4O3/c1-25-8-9-6-23(21-20-9)10-3-4-22(7-10)16(24)11-5-12(17)14(19)15(26-2)13(11)18/h5-6,10H,3-4,7-8H2,1-2H3/t10-/m0/s1. The molecule has 0 saturated carbocycles. The van der Waals surface area contributed by atoms with Crippen LogP contribution in [0.5, 0.6) is 5.75 Å². The molecule has 1 aromatic heterocycles. The van der Waals surface area contributed by atoms with Gasteiger partial charge in [0.25, 0.3) is 5.91 Å². The first-order valence-corrected chi connectivity index (χ1v) is 7.86. The third kappa shape index (κ3) is 3.24. The van der Waals surface area contributed by atoms with E-state index in [1.54, 1.807) is 18.0 Å². The molecule has 0 unspecified atom stereocenters. The maximum atomic E-state index is 14.3. The lowest BCUT2D eigenvalue weighted by Crippen LogP contribution is -2.30. The van der Waals surface area contributed by atoms with Crippen LogP contribution in [0.4, 0.5) is 13.2 Å². The normalized spacial score (nSPS) is 17.0. The van der Waals surface area contributed by atoms with Crippen LogP contribution in [0, 0.1) is 17.5 Å². The number of benzene rings is 1. The fourth-order valence-corrected chi connectivity index (χ4v) is 2.93. The molecule has 1 aliphatic rings. The summed E-state index contributed by atoms with van der Waals surface area (Å²) in [4.78, 5) is 13.9. The Bertz CT molecular complexity index is 827. The molecule has 0 spiro atoms. The van der Waals surface area contributed by atoms with Gasteiger partial charge in [0.05, 0.1) is 31.5 Å².